The van der Waals surface area contributed by atoms with Crippen molar-refractivity contribution in [3.8, 4) is 16.9 Å². The van der Waals surface area contributed by atoms with Gasteiger partial charge in [0.05, 0.1) is 18.6 Å². The maximum Gasteiger partial charge on any atom is 0.225 e. The predicted molar refractivity (Wildman–Crippen MR) is 93.7 cm³/mol. The van der Waals surface area contributed by atoms with E-state index in [2.05, 4.69) is 5.32 Å². The zero-order valence-electron chi connectivity index (χ0n) is 13.7. The van der Waals surface area contributed by atoms with Crippen LogP contribution in [0.3, 0.4) is 0 Å². The van der Waals surface area contributed by atoms with Gasteiger partial charge in [0, 0.05) is 5.56 Å². The van der Waals surface area contributed by atoms with Gasteiger partial charge >= 0.3 is 0 Å². The number of amides is 1. The third-order valence-corrected chi connectivity index (χ3v) is 4.45. The number of aliphatic hydroxyl groups excluding tert-OH is 1. The number of nitrogens with one attached hydrogen (secondary N) is 1. The first-order valence-electron chi connectivity index (χ1n) is 8.49. The van der Waals surface area contributed by atoms with Crippen LogP contribution in [0.2, 0.25) is 0 Å². The maximum atomic E-state index is 12.0. The largest absolute Gasteiger partial charge is 0.491 e. The molecule has 0 aliphatic heterocycles. The smallest absolute Gasteiger partial charge is 0.225 e. The van der Waals surface area contributed by atoms with E-state index in [1.807, 2.05) is 54.6 Å². The van der Waals surface area contributed by atoms with E-state index in [-0.39, 0.29) is 11.8 Å². The fourth-order valence-corrected chi connectivity index (χ4v) is 3.16. The first-order valence-corrected chi connectivity index (χ1v) is 8.49. The average Bonchev–Trinajstić information content (AvgIpc) is 3.06. The van der Waals surface area contributed by atoms with Gasteiger partial charge in [0.25, 0.3) is 0 Å². The Bertz CT molecular complexity index is 672. The van der Waals surface area contributed by atoms with Crippen molar-refractivity contribution >= 4 is 5.91 Å². The molecule has 1 aliphatic rings. The highest BCUT2D eigenvalue weighted by Crippen LogP contribution is 2.29. The molecule has 3 rings (SSSR count). The van der Waals surface area contributed by atoms with Gasteiger partial charge in [-0.3, -0.25) is 4.79 Å². The van der Waals surface area contributed by atoms with Crippen LogP contribution in [0.15, 0.2) is 54.6 Å². The fourth-order valence-electron chi connectivity index (χ4n) is 3.16. The molecular weight excluding hydrogens is 302 g/mol. The molecule has 2 atom stereocenters. The van der Waals surface area contributed by atoms with Crippen molar-refractivity contribution < 1.29 is 14.6 Å². The lowest BCUT2D eigenvalue weighted by atomic mass is 10.1. The Kier molecular flexibility index (Phi) is 5.49. The Morgan fingerprint density at radius 3 is 2.58 bits per heavy atom. The number of ether oxygens (including phenoxy) is 1. The molecule has 2 aromatic carbocycles. The molecule has 1 amide bonds. The van der Waals surface area contributed by atoms with Crippen LogP contribution >= 0.6 is 0 Å². The van der Waals surface area contributed by atoms with E-state index < -0.39 is 6.10 Å². The minimum atomic E-state index is -0.496. The standard InChI is InChI=1S/C20H23NO3/c22-18-11-6-10-17(18)20(23)21-13-14-24-19-12-5-4-9-16(19)15-7-2-1-3-8-15/h1-5,7-9,12,17-18,22H,6,10-11,13-14H2,(H,21,23). The van der Waals surface area contributed by atoms with Crippen LogP contribution in [0.4, 0.5) is 0 Å². The Morgan fingerprint density at radius 2 is 1.83 bits per heavy atom. The van der Waals surface area contributed by atoms with Crippen LogP contribution in [0.25, 0.3) is 11.1 Å². The van der Waals surface area contributed by atoms with Crippen LogP contribution in [0, 0.1) is 5.92 Å². The number of aliphatic hydroxyl groups is 1. The van der Waals surface area contributed by atoms with Gasteiger partial charge in [-0.15, -0.1) is 0 Å². The topological polar surface area (TPSA) is 58.6 Å². The van der Waals surface area contributed by atoms with Crippen LogP contribution < -0.4 is 10.1 Å². The molecule has 1 aliphatic carbocycles. The number of carbonyl (C=O) groups is 1. The van der Waals surface area contributed by atoms with Crippen LogP contribution in [-0.2, 0) is 4.79 Å². The molecule has 0 spiro atoms. The summed E-state index contributed by atoms with van der Waals surface area (Å²) in [6.45, 7) is 0.837. The van der Waals surface area contributed by atoms with Crippen molar-refractivity contribution in [1.82, 2.24) is 5.32 Å². The van der Waals surface area contributed by atoms with Crippen LogP contribution in [-0.4, -0.2) is 30.3 Å². The van der Waals surface area contributed by atoms with Crippen molar-refractivity contribution in [3.63, 3.8) is 0 Å². The zero-order chi connectivity index (χ0) is 16.8. The molecular formula is C20H23NO3. The number of rotatable bonds is 6. The van der Waals surface area contributed by atoms with Gasteiger partial charge in [0.1, 0.15) is 12.4 Å². The van der Waals surface area contributed by atoms with Crippen LogP contribution in [0.1, 0.15) is 19.3 Å². The summed E-state index contributed by atoms with van der Waals surface area (Å²) in [7, 11) is 0. The summed E-state index contributed by atoms with van der Waals surface area (Å²) in [6, 6.07) is 18.0. The minimum absolute atomic E-state index is 0.0695. The second-order valence-electron chi connectivity index (χ2n) is 6.11. The summed E-state index contributed by atoms with van der Waals surface area (Å²) in [5, 5.41) is 12.6. The third kappa shape index (κ3) is 3.95. The molecule has 1 saturated carbocycles. The first kappa shape index (κ1) is 16.5. The van der Waals surface area contributed by atoms with Crippen molar-refractivity contribution in [2.75, 3.05) is 13.2 Å². The highest BCUT2D eigenvalue weighted by atomic mass is 16.5. The number of carbonyl (C=O) groups excluding carboxylic acids is 1. The van der Waals surface area contributed by atoms with Crippen LogP contribution in [0.5, 0.6) is 5.75 Å². The normalized spacial score (nSPS) is 19.9. The predicted octanol–water partition coefficient (Wildman–Crippen LogP) is 3.01. The van der Waals surface area contributed by atoms with Crippen molar-refractivity contribution in [3.05, 3.63) is 54.6 Å². The van der Waals surface area contributed by atoms with Crippen molar-refractivity contribution in [2.24, 2.45) is 5.92 Å². The second-order valence-corrected chi connectivity index (χ2v) is 6.11. The summed E-state index contributed by atoms with van der Waals surface area (Å²) < 4.78 is 5.85. The average molecular weight is 325 g/mol. The van der Waals surface area contributed by atoms with E-state index in [1.165, 1.54) is 0 Å². The fraction of sp³-hybridized carbons (Fsp3) is 0.350. The third-order valence-electron chi connectivity index (χ3n) is 4.45. The second kappa shape index (κ2) is 7.97. The number of para-hydroxylation sites is 1. The van der Waals surface area contributed by atoms with E-state index in [4.69, 9.17) is 4.74 Å². The van der Waals surface area contributed by atoms with E-state index in [9.17, 15) is 9.90 Å². The Morgan fingerprint density at radius 1 is 1.08 bits per heavy atom. The molecule has 24 heavy (non-hydrogen) atoms. The summed E-state index contributed by atoms with van der Waals surface area (Å²) in [5.41, 5.74) is 2.14. The van der Waals surface area contributed by atoms with E-state index in [0.29, 0.717) is 13.2 Å². The maximum absolute atomic E-state index is 12.0. The highest BCUT2D eigenvalue weighted by molar-refractivity contribution is 5.79. The summed E-state index contributed by atoms with van der Waals surface area (Å²) in [5.74, 6) is 0.473. The highest BCUT2D eigenvalue weighted by Gasteiger charge is 2.31. The lowest BCUT2D eigenvalue weighted by Gasteiger charge is -2.15. The Labute approximate surface area is 142 Å². The van der Waals surface area contributed by atoms with Gasteiger partial charge in [-0.1, -0.05) is 48.5 Å². The van der Waals surface area contributed by atoms with Gasteiger partial charge in [-0.2, -0.15) is 0 Å². The summed E-state index contributed by atoms with van der Waals surface area (Å²) in [4.78, 5) is 12.0. The quantitative estimate of drug-likeness (QED) is 0.803. The molecule has 1 fully saturated rings. The molecule has 2 unspecified atom stereocenters. The van der Waals surface area contributed by atoms with E-state index in [0.717, 1.165) is 36.1 Å². The number of hydrogen-bond donors (Lipinski definition) is 2. The number of hydrogen-bond acceptors (Lipinski definition) is 3. The van der Waals surface area contributed by atoms with Gasteiger partial charge in [0.15, 0.2) is 0 Å². The molecule has 2 aromatic rings. The lowest BCUT2D eigenvalue weighted by Crippen LogP contribution is -2.36. The molecule has 0 saturated heterocycles. The summed E-state index contributed by atoms with van der Waals surface area (Å²) >= 11 is 0. The van der Waals surface area contributed by atoms with Gasteiger partial charge in [-0.25, -0.2) is 0 Å². The van der Waals surface area contributed by atoms with Gasteiger partial charge < -0.3 is 15.2 Å². The lowest BCUT2D eigenvalue weighted by molar-refractivity contribution is -0.127. The van der Waals surface area contributed by atoms with E-state index >= 15 is 0 Å². The molecule has 126 valence electrons. The molecule has 2 N–H and O–H groups in total. The molecule has 4 heteroatoms. The molecule has 0 heterocycles. The van der Waals surface area contributed by atoms with Gasteiger partial charge in [0.2, 0.25) is 5.91 Å². The Hall–Kier alpha value is -2.33. The van der Waals surface area contributed by atoms with Crippen molar-refractivity contribution in [1.29, 1.82) is 0 Å². The zero-order valence-corrected chi connectivity index (χ0v) is 13.7. The molecule has 0 aromatic heterocycles. The monoisotopic (exact) mass is 325 g/mol. The van der Waals surface area contributed by atoms with Gasteiger partial charge in [-0.05, 0) is 30.9 Å². The number of benzene rings is 2. The molecule has 0 bridgehead atoms. The van der Waals surface area contributed by atoms with E-state index in [1.54, 1.807) is 0 Å². The SMILES string of the molecule is O=C(NCCOc1ccccc1-c1ccccc1)C1CCCC1O. The van der Waals surface area contributed by atoms with Crippen molar-refractivity contribution in [2.45, 2.75) is 25.4 Å². The molecule has 0 radical (unpaired) electrons. The molecule has 4 nitrogen and oxygen atoms in total. The minimum Gasteiger partial charge on any atom is -0.491 e. The Balaban J connectivity index is 1.53. The summed E-state index contributed by atoms with van der Waals surface area (Å²) in [6.07, 6.45) is 1.91. The first-order chi connectivity index (χ1) is 11.8.